The van der Waals surface area contributed by atoms with Gasteiger partial charge in [-0.15, -0.1) is 11.8 Å². The van der Waals surface area contributed by atoms with Crippen molar-refractivity contribution in [3.63, 3.8) is 0 Å². The Balaban J connectivity index is 1.69. The second-order valence-electron chi connectivity index (χ2n) is 4.42. The van der Waals surface area contributed by atoms with Crippen LogP contribution in [0.15, 0.2) is 58.1 Å². The molecule has 20 heavy (non-hydrogen) atoms. The van der Waals surface area contributed by atoms with E-state index in [1.165, 1.54) is 0 Å². The number of aromatic nitrogens is 1. The second-order valence-corrected chi connectivity index (χ2v) is 5.90. The molecule has 0 radical (unpaired) electrons. The highest BCUT2D eigenvalue weighted by Crippen LogP contribution is 2.27. The predicted octanol–water partition coefficient (Wildman–Crippen LogP) is 4.27. The van der Waals surface area contributed by atoms with Crippen LogP contribution in [0.25, 0.3) is 11.0 Å². The molecule has 2 aromatic heterocycles. The highest BCUT2D eigenvalue weighted by molar-refractivity contribution is 7.99. The molecule has 0 aliphatic carbocycles. The van der Waals surface area contributed by atoms with Crippen molar-refractivity contribution in [2.24, 2.45) is 5.73 Å². The maximum absolute atomic E-state index is 6.17. The summed E-state index contributed by atoms with van der Waals surface area (Å²) in [4.78, 5) is 4.23. The minimum Gasteiger partial charge on any atom is -0.459 e. The molecule has 3 nitrogen and oxygen atoms in total. The number of hydrogen-bond acceptors (Lipinski definition) is 4. The molecule has 1 aromatic carbocycles. The number of hydrogen-bond donors (Lipinski definition) is 1. The standard InChI is InChI=1S/C15H13ClN2OS/c16-11-5-6-15(18-8-11)20-9-12(17)14-7-10-3-1-2-4-13(10)19-14/h1-8,12H,9,17H2. The van der Waals surface area contributed by atoms with Crippen LogP contribution in [0.5, 0.6) is 0 Å². The molecule has 3 rings (SSSR count). The number of nitrogens with zero attached hydrogens (tertiary/aromatic N) is 1. The van der Waals surface area contributed by atoms with Gasteiger partial charge in [0.2, 0.25) is 0 Å². The van der Waals surface area contributed by atoms with E-state index in [0.717, 1.165) is 21.8 Å². The lowest BCUT2D eigenvalue weighted by Gasteiger charge is -2.07. The highest BCUT2D eigenvalue weighted by atomic mass is 35.5. The molecule has 102 valence electrons. The van der Waals surface area contributed by atoms with Crippen LogP contribution in [0.2, 0.25) is 5.02 Å². The van der Waals surface area contributed by atoms with Gasteiger partial charge in [0.1, 0.15) is 11.3 Å². The zero-order chi connectivity index (χ0) is 13.9. The van der Waals surface area contributed by atoms with Crippen molar-refractivity contribution in [1.29, 1.82) is 0 Å². The van der Waals surface area contributed by atoms with Gasteiger partial charge in [-0.25, -0.2) is 4.98 Å². The van der Waals surface area contributed by atoms with E-state index in [1.807, 2.05) is 42.5 Å². The van der Waals surface area contributed by atoms with Gasteiger partial charge in [0, 0.05) is 17.3 Å². The van der Waals surface area contributed by atoms with Gasteiger partial charge >= 0.3 is 0 Å². The van der Waals surface area contributed by atoms with Crippen molar-refractivity contribution in [2.45, 2.75) is 11.1 Å². The monoisotopic (exact) mass is 304 g/mol. The number of furan rings is 1. The van der Waals surface area contributed by atoms with E-state index in [4.69, 9.17) is 21.8 Å². The summed E-state index contributed by atoms with van der Waals surface area (Å²) in [5, 5.41) is 2.62. The molecule has 5 heteroatoms. The molecular weight excluding hydrogens is 292 g/mol. The van der Waals surface area contributed by atoms with E-state index < -0.39 is 0 Å². The summed E-state index contributed by atoms with van der Waals surface area (Å²) in [5.41, 5.74) is 7.04. The summed E-state index contributed by atoms with van der Waals surface area (Å²) in [6.07, 6.45) is 1.64. The van der Waals surface area contributed by atoms with E-state index in [-0.39, 0.29) is 6.04 Å². The van der Waals surface area contributed by atoms with Gasteiger partial charge in [0.05, 0.1) is 16.1 Å². The number of rotatable bonds is 4. The molecule has 0 amide bonds. The third-order valence-electron chi connectivity index (χ3n) is 2.92. The third kappa shape index (κ3) is 2.98. The molecule has 2 N–H and O–H groups in total. The van der Waals surface area contributed by atoms with Gasteiger partial charge in [0.15, 0.2) is 0 Å². The van der Waals surface area contributed by atoms with Crippen molar-refractivity contribution >= 4 is 34.3 Å². The average Bonchev–Trinajstić information content (AvgIpc) is 2.90. The van der Waals surface area contributed by atoms with Crippen LogP contribution in [-0.4, -0.2) is 10.7 Å². The van der Waals surface area contributed by atoms with Crippen molar-refractivity contribution in [2.75, 3.05) is 5.75 Å². The Morgan fingerprint density at radius 2 is 2.10 bits per heavy atom. The van der Waals surface area contributed by atoms with E-state index >= 15 is 0 Å². The number of benzene rings is 1. The fourth-order valence-electron chi connectivity index (χ4n) is 1.89. The summed E-state index contributed by atoms with van der Waals surface area (Å²) in [6, 6.07) is 13.4. The molecule has 0 saturated carbocycles. The Labute approximate surface area is 126 Å². The lowest BCUT2D eigenvalue weighted by molar-refractivity contribution is 0.516. The largest absolute Gasteiger partial charge is 0.459 e. The van der Waals surface area contributed by atoms with E-state index in [0.29, 0.717) is 10.8 Å². The van der Waals surface area contributed by atoms with Gasteiger partial charge in [-0.05, 0) is 24.3 Å². The minimum atomic E-state index is -0.162. The Bertz CT molecular complexity index is 678. The Hall–Kier alpha value is -1.49. The molecule has 1 unspecified atom stereocenters. The molecule has 0 spiro atoms. The first-order valence-electron chi connectivity index (χ1n) is 6.21. The minimum absolute atomic E-state index is 0.162. The van der Waals surface area contributed by atoms with E-state index in [2.05, 4.69) is 4.98 Å². The zero-order valence-electron chi connectivity index (χ0n) is 10.6. The number of thioether (sulfide) groups is 1. The molecule has 0 aliphatic heterocycles. The molecule has 3 aromatic rings. The van der Waals surface area contributed by atoms with Gasteiger partial charge in [-0.3, -0.25) is 0 Å². The Morgan fingerprint density at radius 1 is 1.25 bits per heavy atom. The van der Waals surface area contributed by atoms with Crippen molar-refractivity contribution in [3.05, 3.63) is 59.4 Å². The highest BCUT2D eigenvalue weighted by Gasteiger charge is 2.12. The fraction of sp³-hybridized carbons (Fsp3) is 0.133. The van der Waals surface area contributed by atoms with Crippen LogP contribution < -0.4 is 5.73 Å². The second kappa shape index (κ2) is 5.87. The Morgan fingerprint density at radius 3 is 2.85 bits per heavy atom. The summed E-state index contributed by atoms with van der Waals surface area (Å²) < 4.78 is 5.76. The van der Waals surface area contributed by atoms with Crippen LogP contribution in [0.1, 0.15) is 11.8 Å². The van der Waals surface area contributed by atoms with E-state index in [1.54, 1.807) is 18.0 Å². The number of fused-ring (bicyclic) bond motifs is 1. The van der Waals surface area contributed by atoms with Crippen LogP contribution in [0.4, 0.5) is 0 Å². The summed E-state index contributed by atoms with van der Waals surface area (Å²) in [7, 11) is 0. The average molecular weight is 305 g/mol. The maximum Gasteiger partial charge on any atom is 0.134 e. The summed E-state index contributed by atoms with van der Waals surface area (Å²) in [6.45, 7) is 0. The van der Waals surface area contributed by atoms with Crippen LogP contribution in [0, 0.1) is 0 Å². The predicted molar refractivity (Wildman–Crippen MR) is 83.1 cm³/mol. The topological polar surface area (TPSA) is 52.0 Å². The molecule has 1 atom stereocenters. The maximum atomic E-state index is 6.17. The third-order valence-corrected chi connectivity index (χ3v) is 4.21. The smallest absolute Gasteiger partial charge is 0.134 e. The quantitative estimate of drug-likeness (QED) is 0.731. The zero-order valence-corrected chi connectivity index (χ0v) is 12.2. The van der Waals surface area contributed by atoms with Crippen LogP contribution in [0.3, 0.4) is 0 Å². The van der Waals surface area contributed by atoms with Gasteiger partial charge in [0.25, 0.3) is 0 Å². The first-order valence-corrected chi connectivity index (χ1v) is 7.57. The molecule has 0 bridgehead atoms. The first-order chi connectivity index (χ1) is 9.72. The SMILES string of the molecule is NC(CSc1ccc(Cl)cn1)c1cc2ccccc2o1. The van der Waals surface area contributed by atoms with Crippen LogP contribution >= 0.6 is 23.4 Å². The molecule has 0 saturated heterocycles. The summed E-state index contributed by atoms with van der Waals surface area (Å²) >= 11 is 7.39. The molecule has 2 heterocycles. The number of para-hydroxylation sites is 1. The number of nitrogens with two attached hydrogens (primary N) is 1. The molecular formula is C15H13ClN2OS. The summed E-state index contributed by atoms with van der Waals surface area (Å²) in [5.74, 6) is 1.50. The number of pyridine rings is 1. The number of halogens is 1. The van der Waals surface area contributed by atoms with Crippen molar-refractivity contribution in [1.82, 2.24) is 4.98 Å². The van der Waals surface area contributed by atoms with Crippen molar-refractivity contribution in [3.8, 4) is 0 Å². The fourth-order valence-corrected chi connectivity index (χ4v) is 2.81. The van der Waals surface area contributed by atoms with Gasteiger partial charge in [-0.1, -0.05) is 29.8 Å². The molecule has 0 fully saturated rings. The normalized spacial score (nSPS) is 12.7. The van der Waals surface area contributed by atoms with Gasteiger partial charge in [-0.2, -0.15) is 0 Å². The van der Waals surface area contributed by atoms with Gasteiger partial charge < -0.3 is 10.2 Å². The van der Waals surface area contributed by atoms with E-state index in [9.17, 15) is 0 Å². The molecule has 0 aliphatic rings. The van der Waals surface area contributed by atoms with Crippen LogP contribution in [-0.2, 0) is 0 Å². The lowest BCUT2D eigenvalue weighted by Crippen LogP contribution is -2.11. The first kappa shape index (κ1) is 13.5. The lowest BCUT2D eigenvalue weighted by atomic mass is 10.2. The van der Waals surface area contributed by atoms with Crippen molar-refractivity contribution < 1.29 is 4.42 Å². The Kier molecular flexibility index (Phi) is 3.96.